The van der Waals surface area contributed by atoms with Gasteiger partial charge in [0.2, 0.25) is 10.0 Å². The van der Waals surface area contributed by atoms with Crippen LogP contribution in [0.3, 0.4) is 0 Å². The standard InChI is InChI=1S/C17H23F3N2O4S/c1-2-3-12-26-16(23)13-21-8-10-22(11-9-21)27(24,25)15-6-4-14(5-7-15)17(18,19)20/h4-7H,2-3,8-13H2,1H3. The molecule has 1 aliphatic rings. The van der Waals surface area contributed by atoms with Gasteiger partial charge in [0.25, 0.3) is 0 Å². The van der Waals surface area contributed by atoms with Crippen molar-refractivity contribution in [1.29, 1.82) is 0 Å². The number of carbonyl (C=O) groups excluding carboxylic acids is 1. The van der Waals surface area contributed by atoms with Gasteiger partial charge in [-0.3, -0.25) is 9.69 Å². The number of rotatable bonds is 7. The lowest BCUT2D eigenvalue weighted by Gasteiger charge is -2.33. The van der Waals surface area contributed by atoms with E-state index in [0.717, 1.165) is 37.1 Å². The Bertz CT molecular complexity index is 728. The van der Waals surface area contributed by atoms with Crippen LogP contribution in [-0.4, -0.2) is 62.9 Å². The van der Waals surface area contributed by atoms with Crippen LogP contribution < -0.4 is 0 Å². The van der Waals surface area contributed by atoms with Crippen molar-refractivity contribution >= 4 is 16.0 Å². The fourth-order valence-electron chi connectivity index (χ4n) is 2.65. The summed E-state index contributed by atoms with van der Waals surface area (Å²) in [6, 6.07) is 3.45. The molecule has 1 aromatic rings. The monoisotopic (exact) mass is 408 g/mol. The first-order valence-electron chi connectivity index (χ1n) is 8.70. The zero-order valence-electron chi connectivity index (χ0n) is 15.0. The Hall–Kier alpha value is -1.65. The van der Waals surface area contributed by atoms with Crippen LogP contribution in [-0.2, 0) is 25.7 Å². The van der Waals surface area contributed by atoms with Crippen LogP contribution in [0.25, 0.3) is 0 Å². The van der Waals surface area contributed by atoms with E-state index < -0.39 is 21.8 Å². The highest BCUT2D eigenvalue weighted by molar-refractivity contribution is 7.89. The number of carbonyl (C=O) groups is 1. The number of hydrogen-bond donors (Lipinski definition) is 0. The second kappa shape index (κ2) is 9.03. The highest BCUT2D eigenvalue weighted by Crippen LogP contribution is 2.30. The Morgan fingerprint density at radius 2 is 1.70 bits per heavy atom. The lowest BCUT2D eigenvalue weighted by molar-refractivity contribution is -0.145. The average Bonchev–Trinajstić information content (AvgIpc) is 2.62. The maximum absolute atomic E-state index is 12.6. The molecule has 27 heavy (non-hydrogen) atoms. The third kappa shape index (κ3) is 5.91. The summed E-state index contributed by atoms with van der Waals surface area (Å²) in [5.74, 6) is -0.345. The minimum Gasteiger partial charge on any atom is -0.465 e. The van der Waals surface area contributed by atoms with E-state index in [-0.39, 0.29) is 30.5 Å². The first-order chi connectivity index (χ1) is 12.6. The van der Waals surface area contributed by atoms with Crippen molar-refractivity contribution in [3.8, 4) is 0 Å². The minimum atomic E-state index is -4.51. The fraction of sp³-hybridized carbons (Fsp3) is 0.588. The molecular formula is C17H23F3N2O4S. The van der Waals surface area contributed by atoms with Crippen LogP contribution >= 0.6 is 0 Å². The largest absolute Gasteiger partial charge is 0.465 e. The van der Waals surface area contributed by atoms with Crippen LogP contribution in [0.4, 0.5) is 13.2 Å². The summed E-state index contributed by atoms with van der Waals surface area (Å²) >= 11 is 0. The van der Waals surface area contributed by atoms with Crippen molar-refractivity contribution < 1.29 is 31.1 Å². The quantitative estimate of drug-likeness (QED) is 0.512. The highest BCUT2D eigenvalue weighted by atomic mass is 32.2. The van der Waals surface area contributed by atoms with E-state index >= 15 is 0 Å². The molecule has 10 heteroatoms. The first kappa shape index (κ1) is 21.6. The first-order valence-corrected chi connectivity index (χ1v) is 10.1. The molecule has 0 spiro atoms. The molecular weight excluding hydrogens is 385 g/mol. The van der Waals surface area contributed by atoms with Crippen LogP contribution in [0.5, 0.6) is 0 Å². The maximum Gasteiger partial charge on any atom is 0.416 e. The number of ether oxygens (including phenoxy) is 1. The summed E-state index contributed by atoms with van der Waals surface area (Å²) in [7, 11) is -3.87. The lowest BCUT2D eigenvalue weighted by atomic mass is 10.2. The lowest BCUT2D eigenvalue weighted by Crippen LogP contribution is -2.50. The van der Waals surface area contributed by atoms with E-state index in [1.165, 1.54) is 4.31 Å². The van der Waals surface area contributed by atoms with E-state index in [2.05, 4.69) is 0 Å². The van der Waals surface area contributed by atoms with Crippen molar-refractivity contribution in [2.45, 2.75) is 30.8 Å². The van der Waals surface area contributed by atoms with Gasteiger partial charge in [0.15, 0.2) is 0 Å². The molecule has 152 valence electrons. The number of benzene rings is 1. The van der Waals surface area contributed by atoms with Gasteiger partial charge in [-0.05, 0) is 30.7 Å². The van der Waals surface area contributed by atoms with Gasteiger partial charge in [0.05, 0.1) is 23.6 Å². The third-order valence-corrected chi connectivity index (χ3v) is 6.18. The fourth-order valence-corrected chi connectivity index (χ4v) is 4.07. The topological polar surface area (TPSA) is 66.9 Å². The normalized spacial score (nSPS) is 17.0. The Balaban J connectivity index is 1.91. The van der Waals surface area contributed by atoms with Gasteiger partial charge in [-0.1, -0.05) is 13.3 Å². The van der Waals surface area contributed by atoms with Crippen molar-refractivity contribution in [2.24, 2.45) is 0 Å². The van der Waals surface area contributed by atoms with Crippen molar-refractivity contribution in [3.63, 3.8) is 0 Å². The number of alkyl halides is 3. The number of esters is 1. The SMILES string of the molecule is CCCCOC(=O)CN1CCN(S(=O)(=O)c2ccc(C(F)(F)F)cc2)CC1. The number of nitrogens with zero attached hydrogens (tertiary/aromatic N) is 2. The zero-order chi connectivity index (χ0) is 20.1. The van der Waals surface area contributed by atoms with E-state index in [1.54, 1.807) is 4.90 Å². The average molecular weight is 408 g/mol. The number of halogens is 3. The predicted molar refractivity (Wildman–Crippen MR) is 92.5 cm³/mol. The molecule has 0 unspecified atom stereocenters. The number of piperazine rings is 1. The number of unbranched alkanes of at least 4 members (excludes halogenated alkanes) is 1. The van der Waals surface area contributed by atoms with Crippen LogP contribution in [0, 0.1) is 0 Å². The Morgan fingerprint density at radius 1 is 1.11 bits per heavy atom. The zero-order valence-corrected chi connectivity index (χ0v) is 15.9. The number of sulfonamides is 1. The molecule has 1 aliphatic heterocycles. The molecule has 2 rings (SSSR count). The van der Waals surface area contributed by atoms with E-state index in [4.69, 9.17) is 4.74 Å². The molecule has 6 nitrogen and oxygen atoms in total. The molecule has 1 aromatic carbocycles. The van der Waals surface area contributed by atoms with Gasteiger partial charge in [0, 0.05) is 26.2 Å². The van der Waals surface area contributed by atoms with Crippen molar-refractivity contribution in [2.75, 3.05) is 39.3 Å². The maximum atomic E-state index is 12.6. The third-order valence-electron chi connectivity index (χ3n) is 4.26. The van der Waals surface area contributed by atoms with Gasteiger partial charge in [-0.2, -0.15) is 17.5 Å². The molecule has 1 heterocycles. The van der Waals surface area contributed by atoms with Gasteiger partial charge in [-0.25, -0.2) is 8.42 Å². The Morgan fingerprint density at radius 3 is 2.22 bits per heavy atom. The van der Waals surface area contributed by atoms with Gasteiger partial charge in [0.1, 0.15) is 0 Å². The van der Waals surface area contributed by atoms with Crippen LogP contribution in [0.2, 0.25) is 0 Å². The van der Waals surface area contributed by atoms with Gasteiger partial charge < -0.3 is 4.74 Å². The predicted octanol–water partition coefficient (Wildman–Crippen LogP) is 2.36. The second-order valence-electron chi connectivity index (χ2n) is 6.28. The van der Waals surface area contributed by atoms with Gasteiger partial charge >= 0.3 is 12.1 Å². The minimum absolute atomic E-state index is 0.0951. The summed E-state index contributed by atoms with van der Waals surface area (Å²) in [5.41, 5.74) is -0.896. The van der Waals surface area contributed by atoms with Crippen molar-refractivity contribution in [1.82, 2.24) is 9.21 Å². The van der Waals surface area contributed by atoms with E-state index in [0.29, 0.717) is 19.7 Å². The summed E-state index contributed by atoms with van der Waals surface area (Å²) in [4.78, 5) is 13.3. The van der Waals surface area contributed by atoms with E-state index in [1.807, 2.05) is 6.92 Å². The van der Waals surface area contributed by atoms with E-state index in [9.17, 15) is 26.4 Å². The summed E-state index contributed by atoms with van der Waals surface area (Å²) in [6.45, 7) is 3.47. The molecule has 0 N–H and O–H groups in total. The molecule has 1 saturated heterocycles. The molecule has 1 fully saturated rings. The second-order valence-corrected chi connectivity index (χ2v) is 8.21. The van der Waals surface area contributed by atoms with Crippen LogP contribution in [0.1, 0.15) is 25.3 Å². The molecule has 0 saturated carbocycles. The smallest absolute Gasteiger partial charge is 0.416 e. The highest BCUT2D eigenvalue weighted by Gasteiger charge is 2.32. The molecule has 0 bridgehead atoms. The number of hydrogen-bond acceptors (Lipinski definition) is 5. The summed E-state index contributed by atoms with van der Waals surface area (Å²) in [5, 5.41) is 0. The summed E-state index contributed by atoms with van der Waals surface area (Å²) < 4.78 is 69.3. The summed E-state index contributed by atoms with van der Waals surface area (Å²) in [6.07, 6.45) is -2.79. The molecule has 0 radical (unpaired) electrons. The van der Waals surface area contributed by atoms with Gasteiger partial charge in [-0.15, -0.1) is 0 Å². The molecule has 0 aliphatic carbocycles. The Kier molecular flexibility index (Phi) is 7.24. The molecule has 0 amide bonds. The Labute approximate surface area is 156 Å². The molecule has 0 aromatic heterocycles. The molecule has 0 atom stereocenters. The van der Waals surface area contributed by atoms with Crippen LogP contribution in [0.15, 0.2) is 29.2 Å². The van der Waals surface area contributed by atoms with Crippen molar-refractivity contribution in [3.05, 3.63) is 29.8 Å².